The molecule has 0 bridgehead atoms. The highest BCUT2D eigenvalue weighted by Crippen LogP contribution is 2.17. The number of phenols is 1. The second-order valence-corrected chi connectivity index (χ2v) is 7.17. The van der Waals surface area contributed by atoms with Gasteiger partial charge in [-0.25, -0.2) is 13.1 Å². The predicted octanol–water partition coefficient (Wildman–Crippen LogP) is 2.72. The van der Waals surface area contributed by atoms with Gasteiger partial charge in [0.15, 0.2) is 0 Å². The summed E-state index contributed by atoms with van der Waals surface area (Å²) in [5.74, 6) is -0.343. The molecule has 0 spiro atoms. The van der Waals surface area contributed by atoms with Crippen LogP contribution in [0, 0.1) is 0 Å². The van der Waals surface area contributed by atoms with Gasteiger partial charge in [-0.3, -0.25) is 4.79 Å². The lowest BCUT2D eigenvalue weighted by Crippen LogP contribution is -2.32. The van der Waals surface area contributed by atoms with Gasteiger partial charge in [-0.1, -0.05) is 13.0 Å². The van der Waals surface area contributed by atoms with Crippen LogP contribution in [0.1, 0.15) is 30.6 Å². The molecule has 0 aromatic heterocycles. The summed E-state index contributed by atoms with van der Waals surface area (Å²) < 4.78 is 26.9. The molecule has 0 aliphatic carbocycles. The van der Waals surface area contributed by atoms with Gasteiger partial charge in [-0.2, -0.15) is 0 Å². The lowest BCUT2D eigenvalue weighted by molar-refractivity contribution is 0.102. The highest BCUT2D eigenvalue weighted by molar-refractivity contribution is 7.89. The van der Waals surface area contributed by atoms with Gasteiger partial charge < -0.3 is 10.4 Å². The van der Waals surface area contributed by atoms with E-state index in [-0.39, 0.29) is 22.6 Å². The van der Waals surface area contributed by atoms with Crippen LogP contribution < -0.4 is 10.0 Å². The summed E-state index contributed by atoms with van der Waals surface area (Å²) in [6.07, 6.45) is 0.684. The molecule has 0 unspecified atom stereocenters. The molecular formula is C17H20N2O4S. The SMILES string of the molecule is CC[C@H](C)NS(=O)(=O)c1ccc(C(=O)Nc2cccc(O)c2)cc1. The number of nitrogens with one attached hydrogen (secondary N) is 2. The molecule has 0 aliphatic heterocycles. The number of hydrogen-bond acceptors (Lipinski definition) is 4. The van der Waals surface area contributed by atoms with E-state index in [1.807, 2.05) is 6.92 Å². The number of anilines is 1. The van der Waals surface area contributed by atoms with E-state index in [9.17, 15) is 18.3 Å². The highest BCUT2D eigenvalue weighted by atomic mass is 32.2. The number of rotatable bonds is 6. The Morgan fingerprint density at radius 1 is 1.17 bits per heavy atom. The monoisotopic (exact) mass is 348 g/mol. The first-order valence-electron chi connectivity index (χ1n) is 7.54. The van der Waals surface area contributed by atoms with Crippen molar-refractivity contribution in [1.82, 2.24) is 4.72 Å². The molecule has 0 fully saturated rings. The van der Waals surface area contributed by atoms with Crippen LogP contribution >= 0.6 is 0 Å². The number of hydrogen-bond donors (Lipinski definition) is 3. The van der Waals surface area contributed by atoms with E-state index in [0.717, 1.165) is 0 Å². The molecule has 128 valence electrons. The van der Waals surface area contributed by atoms with Crippen LogP contribution in [-0.4, -0.2) is 25.5 Å². The summed E-state index contributed by atoms with van der Waals surface area (Å²) >= 11 is 0. The zero-order chi connectivity index (χ0) is 17.7. The summed E-state index contributed by atoms with van der Waals surface area (Å²) in [4.78, 5) is 12.3. The van der Waals surface area contributed by atoms with Crippen molar-refractivity contribution in [2.24, 2.45) is 0 Å². The van der Waals surface area contributed by atoms with Crippen molar-refractivity contribution < 1.29 is 18.3 Å². The normalized spacial score (nSPS) is 12.6. The maximum Gasteiger partial charge on any atom is 0.255 e. The number of aromatic hydroxyl groups is 1. The Bertz CT molecular complexity index is 817. The molecule has 3 N–H and O–H groups in total. The Labute approximate surface area is 141 Å². The molecule has 0 saturated carbocycles. The van der Waals surface area contributed by atoms with Crippen molar-refractivity contribution in [3.05, 3.63) is 54.1 Å². The first-order valence-corrected chi connectivity index (χ1v) is 9.03. The first-order chi connectivity index (χ1) is 11.3. The summed E-state index contributed by atoms with van der Waals surface area (Å²) in [5.41, 5.74) is 0.774. The third-order valence-corrected chi connectivity index (χ3v) is 5.10. The lowest BCUT2D eigenvalue weighted by Gasteiger charge is -2.12. The number of carbonyl (C=O) groups is 1. The zero-order valence-electron chi connectivity index (χ0n) is 13.5. The average Bonchev–Trinajstić information content (AvgIpc) is 2.54. The van der Waals surface area contributed by atoms with Gasteiger partial charge in [0.1, 0.15) is 5.75 Å². The molecule has 1 amide bonds. The van der Waals surface area contributed by atoms with Crippen molar-refractivity contribution in [1.29, 1.82) is 0 Å². The standard InChI is InChI=1S/C17H20N2O4S/c1-3-12(2)19-24(22,23)16-9-7-13(8-10-16)17(21)18-14-5-4-6-15(20)11-14/h4-12,19-20H,3H2,1-2H3,(H,18,21)/t12-/m0/s1. The van der Waals surface area contributed by atoms with Crippen LogP contribution in [0.2, 0.25) is 0 Å². The van der Waals surface area contributed by atoms with E-state index < -0.39 is 10.0 Å². The Morgan fingerprint density at radius 2 is 1.83 bits per heavy atom. The maximum absolute atomic E-state index is 12.2. The Balaban J connectivity index is 2.12. The Kier molecular flexibility index (Phi) is 5.58. The topological polar surface area (TPSA) is 95.5 Å². The second kappa shape index (κ2) is 7.46. The smallest absolute Gasteiger partial charge is 0.255 e. The van der Waals surface area contributed by atoms with Crippen LogP contribution in [0.3, 0.4) is 0 Å². The third kappa shape index (κ3) is 4.56. The molecule has 1 atom stereocenters. The number of sulfonamides is 1. The Morgan fingerprint density at radius 3 is 2.42 bits per heavy atom. The maximum atomic E-state index is 12.2. The predicted molar refractivity (Wildman–Crippen MR) is 92.6 cm³/mol. The molecule has 0 radical (unpaired) electrons. The van der Waals surface area contributed by atoms with Gasteiger partial charge >= 0.3 is 0 Å². The van der Waals surface area contributed by atoms with Gasteiger partial charge in [0.05, 0.1) is 4.90 Å². The van der Waals surface area contributed by atoms with E-state index in [0.29, 0.717) is 17.7 Å². The van der Waals surface area contributed by atoms with Crippen LogP contribution in [-0.2, 0) is 10.0 Å². The van der Waals surface area contributed by atoms with Crippen molar-refractivity contribution in [3.63, 3.8) is 0 Å². The lowest BCUT2D eigenvalue weighted by atomic mass is 10.2. The molecule has 0 saturated heterocycles. The fourth-order valence-electron chi connectivity index (χ4n) is 1.99. The van der Waals surface area contributed by atoms with Crippen molar-refractivity contribution in [2.45, 2.75) is 31.2 Å². The Hall–Kier alpha value is -2.38. The van der Waals surface area contributed by atoms with Crippen LogP contribution in [0.5, 0.6) is 5.75 Å². The molecular weight excluding hydrogens is 328 g/mol. The summed E-state index contributed by atoms with van der Waals surface area (Å²) in [6.45, 7) is 3.68. The number of phenolic OH excluding ortho intramolecular Hbond substituents is 1. The average molecular weight is 348 g/mol. The van der Waals surface area contributed by atoms with E-state index >= 15 is 0 Å². The van der Waals surface area contributed by atoms with Crippen LogP contribution in [0.15, 0.2) is 53.4 Å². The largest absolute Gasteiger partial charge is 0.508 e. The molecule has 2 aromatic carbocycles. The minimum Gasteiger partial charge on any atom is -0.508 e. The van der Waals surface area contributed by atoms with Crippen molar-refractivity contribution in [2.75, 3.05) is 5.32 Å². The van der Waals surface area contributed by atoms with E-state index in [1.165, 1.54) is 36.4 Å². The summed E-state index contributed by atoms with van der Waals surface area (Å²) in [7, 11) is -3.59. The van der Waals surface area contributed by atoms with Crippen molar-refractivity contribution >= 4 is 21.6 Å². The number of amides is 1. The van der Waals surface area contributed by atoms with E-state index in [1.54, 1.807) is 19.1 Å². The minimum absolute atomic E-state index is 0.0466. The fourth-order valence-corrected chi connectivity index (χ4v) is 3.32. The van der Waals surface area contributed by atoms with Gasteiger partial charge in [0, 0.05) is 23.4 Å². The van der Waals surface area contributed by atoms with Gasteiger partial charge in [0.2, 0.25) is 10.0 Å². The van der Waals surface area contributed by atoms with Gasteiger partial charge in [-0.15, -0.1) is 0 Å². The fraction of sp³-hybridized carbons (Fsp3) is 0.235. The van der Waals surface area contributed by atoms with Crippen LogP contribution in [0.25, 0.3) is 0 Å². The molecule has 2 aromatic rings. The minimum atomic E-state index is -3.59. The van der Waals surface area contributed by atoms with Gasteiger partial charge in [0.25, 0.3) is 5.91 Å². The molecule has 6 nitrogen and oxygen atoms in total. The first kappa shape index (κ1) is 18.0. The van der Waals surface area contributed by atoms with E-state index in [2.05, 4.69) is 10.0 Å². The van der Waals surface area contributed by atoms with E-state index in [4.69, 9.17) is 0 Å². The molecule has 0 aliphatic rings. The van der Waals surface area contributed by atoms with Gasteiger partial charge in [-0.05, 0) is 49.7 Å². The number of carbonyl (C=O) groups excluding carboxylic acids is 1. The summed E-state index contributed by atoms with van der Waals surface area (Å²) in [5, 5.41) is 12.0. The second-order valence-electron chi connectivity index (χ2n) is 5.46. The molecule has 0 heterocycles. The zero-order valence-corrected chi connectivity index (χ0v) is 14.3. The highest BCUT2D eigenvalue weighted by Gasteiger charge is 2.17. The molecule has 2 rings (SSSR count). The quantitative estimate of drug-likeness (QED) is 0.748. The summed E-state index contributed by atoms with van der Waals surface area (Å²) in [6, 6.07) is 11.7. The van der Waals surface area contributed by atoms with Crippen LogP contribution in [0.4, 0.5) is 5.69 Å². The number of benzene rings is 2. The third-order valence-electron chi connectivity index (χ3n) is 3.50. The van der Waals surface area contributed by atoms with Crippen molar-refractivity contribution in [3.8, 4) is 5.75 Å². The molecule has 7 heteroatoms. The molecule has 24 heavy (non-hydrogen) atoms.